The fourth-order valence-electron chi connectivity index (χ4n) is 3.15. The highest BCUT2D eigenvalue weighted by molar-refractivity contribution is 7.89. The van der Waals surface area contributed by atoms with Crippen LogP contribution < -0.4 is 10.6 Å². The number of anilines is 1. The second-order valence-corrected chi connectivity index (χ2v) is 8.82. The van der Waals surface area contributed by atoms with Crippen LogP contribution in [0.15, 0.2) is 29.2 Å². The van der Waals surface area contributed by atoms with Crippen LogP contribution in [0.5, 0.6) is 0 Å². The number of nitrogens with one attached hydrogen (secondary N) is 2. The molecule has 1 heterocycles. The van der Waals surface area contributed by atoms with Crippen molar-refractivity contribution >= 4 is 27.5 Å². The average molecular weight is 396 g/mol. The van der Waals surface area contributed by atoms with Crippen molar-refractivity contribution in [3.05, 3.63) is 24.3 Å². The molecule has 0 atom stereocenters. The maximum absolute atomic E-state index is 12.8. The Morgan fingerprint density at radius 2 is 1.74 bits per heavy atom. The van der Waals surface area contributed by atoms with E-state index in [4.69, 9.17) is 0 Å². The number of amides is 2. The van der Waals surface area contributed by atoms with Gasteiger partial charge in [0.2, 0.25) is 21.8 Å². The van der Waals surface area contributed by atoms with Crippen molar-refractivity contribution in [3.63, 3.8) is 0 Å². The minimum Gasteiger partial charge on any atom is -0.356 e. The van der Waals surface area contributed by atoms with E-state index in [1.807, 2.05) is 0 Å². The quantitative estimate of drug-likeness (QED) is 0.661. The summed E-state index contributed by atoms with van der Waals surface area (Å²) in [7, 11) is -3.59. The van der Waals surface area contributed by atoms with Gasteiger partial charge in [-0.05, 0) is 43.5 Å². The van der Waals surface area contributed by atoms with Gasteiger partial charge in [0.25, 0.3) is 0 Å². The van der Waals surface area contributed by atoms with Gasteiger partial charge in [0.1, 0.15) is 0 Å². The standard InChI is InChI=1S/C19H29N3O4S/c1-3-4-5-12-20-19(24)16-10-13-22(14-11-16)27(25,26)18-8-6-17(7-9-18)21-15(2)23/h6-9,16H,3-5,10-14H2,1-2H3,(H,20,24)(H,21,23). The van der Waals surface area contributed by atoms with Crippen LogP contribution in [-0.4, -0.2) is 44.2 Å². The Hall–Kier alpha value is -1.93. The number of hydrogen-bond donors (Lipinski definition) is 2. The molecule has 0 unspecified atom stereocenters. The first-order valence-corrected chi connectivity index (χ1v) is 10.9. The van der Waals surface area contributed by atoms with Crippen LogP contribution in [0.1, 0.15) is 46.0 Å². The molecule has 150 valence electrons. The maximum atomic E-state index is 12.8. The van der Waals surface area contributed by atoms with Gasteiger partial charge in [0.05, 0.1) is 4.90 Å². The van der Waals surface area contributed by atoms with Crippen molar-refractivity contribution in [1.82, 2.24) is 9.62 Å². The minimum atomic E-state index is -3.59. The summed E-state index contributed by atoms with van der Waals surface area (Å²) in [6, 6.07) is 6.13. The number of piperidine rings is 1. The number of carbonyl (C=O) groups is 2. The van der Waals surface area contributed by atoms with Gasteiger partial charge in [-0.15, -0.1) is 0 Å². The van der Waals surface area contributed by atoms with Gasteiger partial charge >= 0.3 is 0 Å². The van der Waals surface area contributed by atoms with Crippen LogP contribution in [0.25, 0.3) is 0 Å². The normalized spacial score (nSPS) is 16.1. The SMILES string of the molecule is CCCCCNC(=O)C1CCN(S(=O)(=O)c2ccc(NC(C)=O)cc2)CC1. The first-order valence-electron chi connectivity index (χ1n) is 9.50. The summed E-state index contributed by atoms with van der Waals surface area (Å²) in [6.07, 6.45) is 4.24. The van der Waals surface area contributed by atoms with Crippen molar-refractivity contribution in [1.29, 1.82) is 0 Å². The number of benzene rings is 1. The highest BCUT2D eigenvalue weighted by Gasteiger charge is 2.31. The van der Waals surface area contributed by atoms with E-state index in [-0.39, 0.29) is 22.6 Å². The molecular formula is C19H29N3O4S. The Morgan fingerprint density at radius 1 is 1.11 bits per heavy atom. The third-order valence-electron chi connectivity index (χ3n) is 4.72. The fourth-order valence-corrected chi connectivity index (χ4v) is 4.62. The molecule has 1 saturated heterocycles. The summed E-state index contributed by atoms with van der Waals surface area (Å²) >= 11 is 0. The van der Waals surface area contributed by atoms with Gasteiger partial charge < -0.3 is 10.6 Å². The molecule has 1 aromatic rings. The van der Waals surface area contributed by atoms with Crippen LogP contribution in [-0.2, 0) is 19.6 Å². The third kappa shape index (κ3) is 6.04. The zero-order chi connectivity index (χ0) is 19.9. The zero-order valence-corrected chi connectivity index (χ0v) is 16.8. The maximum Gasteiger partial charge on any atom is 0.243 e. The lowest BCUT2D eigenvalue weighted by Gasteiger charge is -2.30. The van der Waals surface area contributed by atoms with Gasteiger partial charge in [-0.3, -0.25) is 9.59 Å². The summed E-state index contributed by atoms with van der Waals surface area (Å²) in [4.78, 5) is 23.4. The van der Waals surface area contributed by atoms with E-state index in [1.165, 1.54) is 23.4 Å². The van der Waals surface area contributed by atoms with E-state index in [9.17, 15) is 18.0 Å². The highest BCUT2D eigenvalue weighted by Crippen LogP contribution is 2.25. The molecule has 1 aliphatic heterocycles. The Kier molecular flexibility index (Phi) is 7.79. The second kappa shape index (κ2) is 9.85. The lowest BCUT2D eigenvalue weighted by Crippen LogP contribution is -2.43. The van der Waals surface area contributed by atoms with Crippen molar-refractivity contribution in [2.24, 2.45) is 5.92 Å². The highest BCUT2D eigenvalue weighted by atomic mass is 32.2. The molecule has 0 spiro atoms. The molecule has 7 nitrogen and oxygen atoms in total. The molecule has 2 amide bonds. The van der Waals surface area contributed by atoms with Crippen LogP contribution in [0, 0.1) is 5.92 Å². The molecule has 2 rings (SSSR count). The number of carbonyl (C=O) groups excluding carboxylic acids is 2. The lowest BCUT2D eigenvalue weighted by atomic mass is 9.97. The number of sulfonamides is 1. The summed E-state index contributed by atoms with van der Waals surface area (Å²) < 4.78 is 27.0. The molecule has 1 fully saturated rings. The molecule has 0 aliphatic carbocycles. The molecule has 2 N–H and O–H groups in total. The molecule has 0 saturated carbocycles. The summed E-state index contributed by atoms with van der Waals surface area (Å²) in [5, 5.41) is 5.57. The van der Waals surface area contributed by atoms with E-state index in [1.54, 1.807) is 12.1 Å². The third-order valence-corrected chi connectivity index (χ3v) is 6.63. The van der Waals surface area contributed by atoms with Gasteiger partial charge in [-0.1, -0.05) is 19.8 Å². The zero-order valence-electron chi connectivity index (χ0n) is 16.0. The van der Waals surface area contributed by atoms with Crippen LogP contribution in [0.4, 0.5) is 5.69 Å². The molecule has 0 radical (unpaired) electrons. The van der Waals surface area contributed by atoms with Crippen molar-refractivity contribution < 1.29 is 18.0 Å². The van der Waals surface area contributed by atoms with Crippen LogP contribution in [0.3, 0.4) is 0 Å². The molecule has 27 heavy (non-hydrogen) atoms. The summed E-state index contributed by atoms with van der Waals surface area (Å²) in [6.45, 7) is 4.87. The first-order chi connectivity index (χ1) is 12.8. The topological polar surface area (TPSA) is 95.6 Å². The summed E-state index contributed by atoms with van der Waals surface area (Å²) in [5.41, 5.74) is 0.555. The number of rotatable bonds is 8. The molecule has 0 bridgehead atoms. The summed E-state index contributed by atoms with van der Waals surface area (Å²) in [5.74, 6) is -0.302. The van der Waals surface area contributed by atoms with Crippen molar-refractivity contribution in [3.8, 4) is 0 Å². The van der Waals surface area contributed by atoms with Gasteiger partial charge in [-0.25, -0.2) is 8.42 Å². The van der Waals surface area contributed by atoms with E-state index >= 15 is 0 Å². The Bertz CT molecular complexity index is 739. The van der Waals surface area contributed by atoms with Gasteiger partial charge in [-0.2, -0.15) is 4.31 Å². The largest absolute Gasteiger partial charge is 0.356 e. The number of nitrogens with zero attached hydrogens (tertiary/aromatic N) is 1. The molecule has 1 aromatic carbocycles. The van der Waals surface area contributed by atoms with E-state index in [0.717, 1.165) is 19.3 Å². The fraction of sp³-hybridized carbons (Fsp3) is 0.579. The van der Waals surface area contributed by atoms with Crippen molar-refractivity contribution in [2.45, 2.75) is 50.8 Å². The monoisotopic (exact) mass is 395 g/mol. The molecule has 8 heteroatoms. The van der Waals surface area contributed by atoms with Crippen LogP contribution >= 0.6 is 0 Å². The van der Waals surface area contributed by atoms with Gasteiger partial charge in [0, 0.05) is 38.2 Å². The predicted octanol–water partition coefficient (Wildman–Crippen LogP) is 2.35. The number of hydrogen-bond acceptors (Lipinski definition) is 4. The first kappa shape index (κ1) is 21.4. The minimum absolute atomic E-state index is 0.0304. The Morgan fingerprint density at radius 3 is 2.30 bits per heavy atom. The van der Waals surface area contributed by atoms with Gasteiger partial charge in [0.15, 0.2) is 0 Å². The second-order valence-electron chi connectivity index (χ2n) is 6.88. The van der Waals surface area contributed by atoms with E-state index < -0.39 is 10.0 Å². The lowest BCUT2D eigenvalue weighted by molar-refractivity contribution is -0.126. The van der Waals surface area contributed by atoms with Crippen LogP contribution in [0.2, 0.25) is 0 Å². The van der Waals surface area contributed by atoms with Crippen molar-refractivity contribution in [2.75, 3.05) is 25.0 Å². The molecule has 0 aromatic heterocycles. The Balaban J connectivity index is 1.90. The van der Waals surface area contributed by atoms with E-state index in [0.29, 0.717) is 38.2 Å². The molecular weight excluding hydrogens is 366 g/mol. The smallest absolute Gasteiger partial charge is 0.243 e. The molecule has 1 aliphatic rings. The Labute approximate surface area is 161 Å². The van der Waals surface area contributed by atoms with E-state index in [2.05, 4.69) is 17.6 Å². The predicted molar refractivity (Wildman–Crippen MR) is 105 cm³/mol. The number of unbranched alkanes of at least 4 members (excludes halogenated alkanes) is 2. The average Bonchev–Trinajstić information content (AvgIpc) is 2.65.